The van der Waals surface area contributed by atoms with Crippen LogP contribution in [0.1, 0.15) is 6.92 Å². The van der Waals surface area contributed by atoms with Gasteiger partial charge >= 0.3 is 0 Å². The van der Waals surface area contributed by atoms with E-state index in [0.717, 1.165) is 4.86 Å². The van der Waals surface area contributed by atoms with Gasteiger partial charge < -0.3 is 9.47 Å². The number of methoxy groups -OCH3 is 2. The zero-order valence-electron chi connectivity index (χ0n) is 8.11. The molecule has 0 saturated carbocycles. The minimum Gasteiger partial charge on any atom is -0.355 e. The van der Waals surface area contributed by atoms with Crippen molar-refractivity contribution >= 4 is 17.1 Å². The lowest BCUT2D eigenvalue weighted by atomic mass is 9.96. The maximum Gasteiger partial charge on any atom is 0.167 e. The summed E-state index contributed by atoms with van der Waals surface area (Å²) < 4.78 is 10.3. The van der Waals surface area contributed by atoms with Crippen LogP contribution in [0.25, 0.3) is 0 Å². The van der Waals surface area contributed by atoms with Crippen molar-refractivity contribution in [3.63, 3.8) is 0 Å². The van der Waals surface area contributed by atoms with Crippen LogP contribution in [0.15, 0.2) is 23.8 Å². The van der Waals surface area contributed by atoms with Gasteiger partial charge in [0.2, 0.25) is 0 Å². The van der Waals surface area contributed by atoms with Crippen molar-refractivity contribution < 1.29 is 9.47 Å². The molecule has 0 spiro atoms. The Kier molecular flexibility index (Phi) is 3.78. The first-order valence-corrected chi connectivity index (χ1v) is 4.55. The van der Waals surface area contributed by atoms with Crippen LogP contribution in [0.3, 0.4) is 0 Å². The quantitative estimate of drug-likeness (QED) is 0.511. The lowest BCUT2D eigenvalue weighted by molar-refractivity contribution is -0.112. The van der Waals surface area contributed by atoms with Crippen LogP contribution >= 0.6 is 12.2 Å². The zero-order chi connectivity index (χ0) is 9.84. The largest absolute Gasteiger partial charge is 0.355 e. The molecule has 0 aromatic rings. The van der Waals surface area contributed by atoms with Gasteiger partial charge in [0, 0.05) is 19.1 Å². The van der Waals surface area contributed by atoms with Gasteiger partial charge in [0.1, 0.15) is 0 Å². The zero-order valence-corrected chi connectivity index (χ0v) is 8.93. The van der Waals surface area contributed by atoms with Crippen molar-refractivity contribution in [1.82, 2.24) is 0 Å². The third kappa shape index (κ3) is 2.46. The average molecular weight is 198 g/mol. The highest BCUT2D eigenvalue weighted by atomic mass is 32.1. The van der Waals surface area contributed by atoms with Crippen LogP contribution in [0.2, 0.25) is 0 Å². The number of thiocarbonyl (C=S) groups is 1. The molecule has 1 rings (SSSR count). The van der Waals surface area contributed by atoms with E-state index >= 15 is 0 Å². The van der Waals surface area contributed by atoms with E-state index in [9.17, 15) is 0 Å². The lowest BCUT2D eigenvalue weighted by Crippen LogP contribution is -2.29. The van der Waals surface area contributed by atoms with Gasteiger partial charge in [0.05, 0.1) is 5.92 Å². The van der Waals surface area contributed by atoms with Crippen molar-refractivity contribution in [2.24, 2.45) is 5.92 Å². The van der Waals surface area contributed by atoms with Gasteiger partial charge in [-0.2, -0.15) is 0 Å². The summed E-state index contributed by atoms with van der Waals surface area (Å²) >= 11 is 5.23. The van der Waals surface area contributed by atoms with Crippen molar-refractivity contribution in [3.8, 4) is 0 Å². The van der Waals surface area contributed by atoms with Crippen LogP contribution in [-0.4, -0.2) is 25.4 Å². The second-order valence-electron chi connectivity index (χ2n) is 3.02. The third-order valence-corrected chi connectivity index (χ3v) is 2.41. The maximum atomic E-state index is 5.23. The summed E-state index contributed by atoms with van der Waals surface area (Å²) in [7, 11) is 3.24. The van der Waals surface area contributed by atoms with Crippen molar-refractivity contribution in [1.29, 1.82) is 0 Å². The Morgan fingerprint density at radius 3 is 2.46 bits per heavy atom. The van der Waals surface area contributed by atoms with Crippen molar-refractivity contribution in [2.75, 3.05) is 14.2 Å². The maximum absolute atomic E-state index is 5.23. The summed E-state index contributed by atoms with van der Waals surface area (Å²) in [6, 6.07) is 0. The number of ether oxygens (including phenoxy) is 2. The standard InChI is InChI=1S/C10H14O2S/c1-7-4-5-8(9(13)6-7)10(11-2)12-3/h4-6,8,10H,1-3H3. The summed E-state index contributed by atoms with van der Waals surface area (Å²) in [4.78, 5) is 0.869. The Bertz CT molecular complexity index is 252. The minimum atomic E-state index is -0.270. The average Bonchev–Trinajstić information content (AvgIpc) is 2.10. The fraction of sp³-hybridized carbons (Fsp3) is 0.500. The molecule has 72 valence electrons. The van der Waals surface area contributed by atoms with Crippen molar-refractivity contribution in [3.05, 3.63) is 23.8 Å². The van der Waals surface area contributed by atoms with Crippen LogP contribution in [0.4, 0.5) is 0 Å². The molecule has 0 heterocycles. The first-order valence-electron chi connectivity index (χ1n) is 4.15. The predicted molar refractivity (Wildman–Crippen MR) is 56.8 cm³/mol. The van der Waals surface area contributed by atoms with Gasteiger partial charge in [-0.1, -0.05) is 29.9 Å². The van der Waals surface area contributed by atoms with Crippen LogP contribution < -0.4 is 0 Å². The molecule has 1 aliphatic carbocycles. The molecule has 3 heteroatoms. The van der Waals surface area contributed by atoms with Gasteiger partial charge in [-0.25, -0.2) is 0 Å². The smallest absolute Gasteiger partial charge is 0.167 e. The Morgan fingerprint density at radius 1 is 1.38 bits per heavy atom. The molecular formula is C10H14O2S. The van der Waals surface area contributed by atoms with Crippen LogP contribution in [0.5, 0.6) is 0 Å². The van der Waals surface area contributed by atoms with Gasteiger partial charge in [-0.05, 0) is 13.0 Å². The van der Waals surface area contributed by atoms with E-state index in [4.69, 9.17) is 21.7 Å². The summed E-state index contributed by atoms with van der Waals surface area (Å²) in [6.45, 7) is 2.02. The van der Waals surface area contributed by atoms with E-state index in [1.807, 2.05) is 25.2 Å². The molecule has 0 bridgehead atoms. The van der Waals surface area contributed by atoms with Gasteiger partial charge in [0.15, 0.2) is 6.29 Å². The number of allylic oxidation sites excluding steroid dienone is 3. The van der Waals surface area contributed by atoms with E-state index < -0.39 is 0 Å². The predicted octanol–water partition coefficient (Wildman–Crippen LogP) is 2.11. The molecular weight excluding hydrogens is 184 g/mol. The molecule has 0 aliphatic heterocycles. The molecule has 1 unspecified atom stereocenters. The second-order valence-corrected chi connectivity index (χ2v) is 3.49. The molecule has 2 nitrogen and oxygen atoms in total. The number of hydrogen-bond donors (Lipinski definition) is 0. The first kappa shape index (κ1) is 10.6. The molecule has 0 aromatic carbocycles. The van der Waals surface area contributed by atoms with Crippen LogP contribution in [-0.2, 0) is 9.47 Å². The highest BCUT2D eigenvalue weighted by Gasteiger charge is 2.23. The van der Waals surface area contributed by atoms with Crippen LogP contribution in [0, 0.1) is 5.92 Å². The normalized spacial score (nSPS) is 22.3. The van der Waals surface area contributed by atoms with Gasteiger partial charge in [0.25, 0.3) is 0 Å². The highest BCUT2D eigenvalue weighted by molar-refractivity contribution is 7.80. The Labute approximate surface area is 84.2 Å². The lowest BCUT2D eigenvalue weighted by Gasteiger charge is -2.23. The summed E-state index contributed by atoms with van der Waals surface area (Å²) in [5.74, 6) is 0.0636. The summed E-state index contributed by atoms with van der Waals surface area (Å²) in [5, 5.41) is 0. The van der Waals surface area contributed by atoms with E-state index in [-0.39, 0.29) is 12.2 Å². The van der Waals surface area contributed by atoms with Gasteiger partial charge in [-0.3, -0.25) is 0 Å². The SMILES string of the molecule is COC(OC)C1C=CC(C)=CC1=S. The molecule has 1 aliphatic rings. The molecule has 0 radical (unpaired) electrons. The summed E-state index contributed by atoms with van der Waals surface area (Å²) in [6.07, 6.45) is 5.76. The molecule has 13 heavy (non-hydrogen) atoms. The fourth-order valence-corrected chi connectivity index (χ4v) is 1.71. The Hall–Kier alpha value is -0.510. The molecule has 0 fully saturated rings. The Balaban J connectivity index is 2.73. The van der Waals surface area contributed by atoms with E-state index in [0.29, 0.717) is 0 Å². The van der Waals surface area contributed by atoms with E-state index in [1.165, 1.54) is 5.57 Å². The van der Waals surface area contributed by atoms with E-state index in [2.05, 4.69) is 0 Å². The Morgan fingerprint density at radius 2 is 2.00 bits per heavy atom. The second kappa shape index (κ2) is 4.65. The highest BCUT2D eigenvalue weighted by Crippen LogP contribution is 2.19. The third-order valence-electron chi connectivity index (χ3n) is 2.02. The monoisotopic (exact) mass is 198 g/mol. The number of rotatable bonds is 3. The van der Waals surface area contributed by atoms with E-state index in [1.54, 1.807) is 14.2 Å². The molecule has 0 amide bonds. The minimum absolute atomic E-state index is 0.0636. The fourth-order valence-electron chi connectivity index (χ4n) is 1.33. The topological polar surface area (TPSA) is 18.5 Å². The number of hydrogen-bond acceptors (Lipinski definition) is 3. The van der Waals surface area contributed by atoms with Gasteiger partial charge in [-0.15, -0.1) is 0 Å². The first-order chi connectivity index (χ1) is 6.19. The molecule has 0 N–H and O–H groups in total. The molecule has 0 aromatic heterocycles. The summed E-state index contributed by atoms with van der Waals surface area (Å²) in [5.41, 5.74) is 1.17. The van der Waals surface area contributed by atoms with Crippen molar-refractivity contribution in [2.45, 2.75) is 13.2 Å². The molecule has 0 saturated heterocycles. The molecule has 1 atom stereocenters.